The first-order chi connectivity index (χ1) is 8.31. The molecule has 0 aliphatic heterocycles. The minimum atomic E-state index is -0.960. The Bertz CT molecular complexity index is 477. The fourth-order valence-corrected chi connectivity index (χ4v) is 2.17. The lowest BCUT2D eigenvalue weighted by Gasteiger charge is -2.23. The molecule has 0 bridgehead atoms. The van der Waals surface area contributed by atoms with E-state index in [0.29, 0.717) is 12.2 Å². The van der Waals surface area contributed by atoms with E-state index in [-0.39, 0.29) is 17.5 Å². The molecule has 1 atom stereocenters. The molecule has 0 saturated carbocycles. The van der Waals surface area contributed by atoms with E-state index >= 15 is 0 Å². The van der Waals surface area contributed by atoms with Crippen LogP contribution in [0.2, 0.25) is 0 Å². The van der Waals surface area contributed by atoms with Crippen LogP contribution in [0.15, 0.2) is 6.07 Å². The second-order valence-electron chi connectivity index (χ2n) is 4.49. The highest BCUT2D eigenvalue weighted by molar-refractivity contribution is 5.90. The van der Waals surface area contributed by atoms with E-state index in [1.807, 2.05) is 13.8 Å². The molecule has 1 heterocycles. The number of carbonyl (C=O) groups is 2. The smallest absolute Gasteiger partial charge is 0.337 e. The van der Waals surface area contributed by atoms with Crippen LogP contribution in [0.3, 0.4) is 0 Å². The summed E-state index contributed by atoms with van der Waals surface area (Å²) in [6.45, 7) is 7.87. The SMILES string of the molecule is CCN(C)C(=O)C(C)n1c(C)cc(C(=O)O)c1C. The molecule has 1 aromatic rings. The van der Waals surface area contributed by atoms with E-state index in [0.717, 1.165) is 5.69 Å². The van der Waals surface area contributed by atoms with E-state index in [2.05, 4.69) is 0 Å². The molecule has 1 aromatic heterocycles. The summed E-state index contributed by atoms with van der Waals surface area (Å²) in [6, 6.07) is 1.22. The van der Waals surface area contributed by atoms with Crippen LogP contribution in [-0.4, -0.2) is 40.0 Å². The summed E-state index contributed by atoms with van der Waals surface area (Å²) in [7, 11) is 1.74. The van der Waals surface area contributed by atoms with Gasteiger partial charge in [-0.1, -0.05) is 0 Å². The average molecular weight is 252 g/mol. The molecule has 0 aromatic carbocycles. The number of aromatic carboxylic acids is 1. The zero-order valence-electron chi connectivity index (χ0n) is 11.5. The third-order valence-electron chi connectivity index (χ3n) is 3.31. The van der Waals surface area contributed by atoms with Crippen molar-refractivity contribution in [2.24, 2.45) is 0 Å². The van der Waals surface area contributed by atoms with E-state index in [4.69, 9.17) is 5.11 Å². The van der Waals surface area contributed by atoms with Gasteiger partial charge in [-0.15, -0.1) is 0 Å². The predicted molar refractivity (Wildman–Crippen MR) is 68.9 cm³/mol. The summed E-state index contributed by atoms with van der Waals surface area (Å²) >= 11 is 0. The summed E-state index contributed by atoms with van der Waals surface area (Å²) in [5.74, 6) is -0.978. The lowest BCUT2D eigenvalue weighted by molar-refractivity contribution is -0.132. The fourth-order valence-electron chi connectivity index (χ4n) is 2.17. The van der Waals surface area contributed by atoms with Gasteiger partial charge >= 0.3 is 5.97 Å². The number of carbonyl (C=O) groups excluding carboxylic acids is 1. The van der Waals surface area contributed by atoms with Gasteiger partial charge in [0.2, 0.25) is 5.91 Å². The van der Waals surface area contributed by atoms with Gasteiger partial charge in [-0.05, 0) is 33.8 Å². The Morgan fingerprint density at radius 3 is 2.39 bits per heavy atom. The van der Waals surface area contributed by atoms with Crippen molar-refractivity contribution in [2.75, 3.05) is 13.6 Å². The standard InChI is InChI=1S/C13H20N2O3/c1-6-14(5)12(16)10(4)15-8(2)7-11(9(15)3)13(17)18/h7,10H,6H2,1-5H3,(H,17,18). The highest BCUT2D eigenvalue weighted by Crippen LogP contribution is 2.21. The number of likely N-dealkylation sites (N-methyl/N-ethyl adjacent to an activating group) is 1. The first kappa shape index (κ1) is 14.3. The van der Waals surface area contributed by atoms with Crippen molar-refractivity contribution in [1.29, 1.82) is 0 Å². The van der Waals surface area contributed by atoms with E-state index in [1.165, 1.54) is 0 Å². The number of hydrogen-bond acceptors (Lipinski definition) is 2. The van der Waals surface area contributed by atoms with Crippen LogP contribution in [0.4, 0.5) is 0 Å². The van der Waals surface area contributed by atoms with Gasteiger partial charge in [-0.3, -0.25) is 4.79 Å². The highest BCUT2D eigenvalue weighted by Gasteiger charge is 2.23. The second-order valence-corrected chi connectivity index (χ2v) is 4.49. The topological polar surface area (TPSA) is 62.5 Å². The summed E-state index contributed by atoms with van der Waals surface area (Å²) in [5.41, 5.74) is 1.66. The maximum Gasteiger partial charge on any atom is 0.337 e. The second kappa shape index (κ2) is 5.25. The van der Waals surface area contributed by atoms with Crippen molar-refractivity contribution >= 4 is 11.9 Å². The van der Waals surface area contributed by atoms with Gasteiger partial charge < -0.3 is 14.6 Å². The highest BCUT2D eigenvalue weighted by atomic mass is 16.4. The zero-order valence-corrected chi connectivity index (χ0v) is 11.5. The Hall–Kier alpha value is -1.78. The summed E-state index contributed by atoms with van der Waals surface area (Å²) in [4.78, 5) is 24.8. The van der Waals surface area contributed by atoms with Crippen molar-refractivity contribution in [1.82, 2.24) is 9.47 Å². The molecular formula is C13H20N2O3. The molecule has 1 rings (SSSR count). The van der Waals surface area contributed by atoms with Crippen molar-refractivity contribution in [3.8, 4) is 0 Å². The van der Waals surface area contributed by atoms with Crippen LogP contribution >= 0.6 is 0 Å². The van der Waals surface area contributed by atoms with Gasteiger partial charge in [0.1, 0.15) is 6.04 Å². The molecule has 1 amide bonds. The Morgan fingerprint density at radius 1 is 1.44 bits per heavy atom. The molecule has 1 N–H and O–H groups in total. The van der Waals surface area contributed by atoms with Crippen molar-refractivity contribution in [3.63, 3.8) is 0 Å². The molecule has 18 heavy (non-hydrogen) atoms. The van der Waals surface area contributed by atoms with E-state index in [1.54, 1.807) is 36.4 Å². The maximum absolute atomic E-state index is 12.1. The first-order valence-electron chi connectivity index (χ1n) is 5.97. The number of carboxylic acid groups (broad SMARTS) is 1. The molecule has 1 unspecified atom stereocenters. The van der Waals surface area contributed by atoms with E-state index < -0.39 is 5.97 Å². The fraction of sp³-hybridized carbons (Fsp3) is 0.538. The Morgan fingerprint density at radius 2 is 2.00 bits per heavy atom. The largest absolute Gasteiger partial charge is 0.478 e. The van der Waals surface area contributed by atoms with Crippen LogP contribution in [0.1, 0.15) is 41.6 Å². The van der Waals surface area contributed by atoms with Gasteiger partial charge in [-0.25, -0.2) is 4.79 Å². The number of rotatable bonds is 4. The zero-order chi connectivity index (χ0) is 14.0. The van der Waals surface area contributed by atoms with Gasteiger partial charge in [-0.2, -0.15) is 0 Å². The molecule has 0 saturated heterocycles. The Kier molecular flexibility index (Phi) is 4.16. The number of aromatic nitrogens is 1. The number of amides is 1. The molecule has 0 fully saturated rings. The molecule has 0 aliphatic carbocycles. The van der Waals surface area contributed by atoms with Crippen LogP contribution in [0.25, 0.3) is 0 Å². The maximum atomic E-state index is 12.1. The third kappa shape index (κ3) is 2.39. The Labute approximate surface area is 107 Å². The van der Waals surface area contributed by atoms with Crippen LogP contribution in [-0.2, 0) is 4.79 Å². The molecule has 0 spiro atoms. The number of hydrogen-bond donors (Lipinski definition) is 1. The predicted octanol–water partition coefficient (Wildman–Crippen LogP) is 1.84. The molecule has 5 heteroatoms. The van der Waals surface area contributed by atoms with Crippen LogP contribution in [0.5, 0.6) is 0 Å². The minimum absolute atomic E-state index is 0.0174. The number of nitrogens with zero attached hydrogens (tertiary/aromatic N) is 2. The average Bonchev–Trinajstić information content (AvgIpc) is 2.62. The van der Waals surface area contributed by atoms with Gasteiger partial charge in [0.05, 0.1) is 5.56 Å². The summed E-state index contributed by atoms with van der Waals surface area (Å²) in [5, 5.41) is 9.07. The minimum Gasteiger partial charge on any atom is -0.478 e. The molecule has 100 valence electrons. The normalized spacial score (nSPS) is 12.3. The molecule has 0 aliphatic rings. The quantitative estimate of drug-likeness (QED) is 0.889. The lowest BCUT2D eigenvalue weighted by atomic mass is 10.2. The molecular weight excluding hydrogens is 232 g/mol. The van der Waals surface area contributed by atoms with Crippen molar-refractivity contribution < 1.29 is 14.7 Å². The van der Waals surface area contributed by atoms with Crippen molar-refractivity contribution in [3.05, 3.63) is 23.0 Å². The number of carboxylic acids is 1. The summed E-state index contributed by atoms with van der Waals surface area (Å²) in [6.07, 6.45) is 0. The summed E-state index contributed by atoms with van der Waals surface area (Å²) < 4.78 is 1.78. The molecule has 5 nitrogen and oxygen atoms in total. The van der Waals surface area contributed by atoms with Crippen molar-refractivity contribution in [2.45, 2.75) is 33.7 Å². The van der Waals surface area contributed by atoms with Crippen LogP contribution in [0, 0.1) is 13.8 Å². The number of aryl methyl sites for hydroxylation is 1. The van der Waals surface area contributed by atoms with Gasteiger partial charge in [0, 0.05) is 25.0 Å². The third-order valence-corrected chi connectivity index (χ3v) is 3.31. The van der Waals surface area contributed by atoms with Gasteiger partial charge in [0.25, 0.3) is 0 Å². The van der Waals surface area contributed by atoms with Gasteiger partial charge in [0.15, 0.2) is 0 Å². The monoisotopic (exact) mass is 252 g/mol. The molecule has 0 radical (unpaired) electrons. The lowest BCUT2D eigenvalue weighted by Crippen LogP contribution is -2.33. The first-order valence-corrected chi connectivity index (χ1v) is 5.97. The van der Waals surface area contributed by atoms with Crippen LogP contribution < -0.4 is 0 Å². The Balaban J connectivity index is 3.18. The van der Waals surface area contributed by atoms with E-state index in [9.17, 15) is 9.59 Å².